The van der Waals surface area contributed by atoms with Crippen LogP contribution in [0.2, 0.25) is 0 Å². The van der Waals surface area contributed by atoms with E-state index in [0.29, 0.717) is 11.3 Å². The fraction of sp³-hybridized carbons (Fsp3) is 0.400. The largest absolute Gasteiger partial charge is 0.459 e. The molecule has 0 saturated heterocycles. The molecule has 1 rings (SSSR count). The predicted molar refractivity (Wildman–Crippen MR) is 54.2 cm³/mol. The number of esters is 1. The number of carbonyl (C=O) groups is 1. The van der Waals surface area contributed by atoms with Crippen LogP contribution in [-0.2, 0) is 11.2 Å². The number of hydrogen-bond donors (Lipinski definition) is 0. The van der Waals surface area contributed by atoms with Crippen LogP contribution in [-0.4, -0.2) is 12.1 Å². The highest BCUT2D eigenvalue weighted by Crippen LogP contribution is 2.16. The van der Waals surface area contributed by atoms with Gasteiger partial charge in [0, 0.05) is 0 Å². The van der Waals surface area contributed by atoms with Crippen LogP contribution < -0.4 is 0 Å². The van der Waals surface area contributed by atoms with Gasteiger partial charge < -0.3 is 4.74 Å². The molecule has 0 atom stereocenters. The Balaban J connectivity index is 2.67. The average Bonchev–Trinajstić information content (AvgIpc) is 2.52. The van der Waals surface area contributed by atoms with Gasteiger partial charge in [-0.3, -0.25) is 0 Å². The molecule has 0 radical (unpaired) electrons. The molecule has 3 nitrogen and oxygen atoms in total. The fourth-order valence-corrected chi connectivity index (χ4v) is 1.73. The number of nitriles is 1. The zero-order valence-electron chi connectivity index (χ0n) is 8.11. The first-order valence-electron chi connectivity index (χ1n) is 4.29. The Morgan fingerprint density at radius 1 is 1.71 bits per heavy atom. The summed E-state index contributed by atoms with van der Waals surface area (Å²) >= 11 is 1.31. The van der Waals surface area contributed by atoms with Crippen LogP contribution in [0, 0.1) is 11.3 Å². The third kappa shape index (κ3) is 2.86. The SMILES string of the molecule is CC(C)OC(=O)c1cc(CC#N)cs1. The second-order valence-electron chi connectivity index (χ2n) is 3.11. The minimum Gasteiger partial charge on any atom is -0.459 e. The van der Waals surface area contributed by atoms with Crippen molar-refractivity contribution in [1.82, 2.24) is 0 Å². The van der Waals surface area contributed by atoms with Crippen LogP contribution in [0.1, 0.15) is 29.1 Å². The molecule has 74 valence electrons. The molecule has 0 spiro atoms. The van der Waals surface area contributed by atoms with E-state index in [-0.39, 0.29) is 12.1 Å². The molecule has 0 aromatic carbocycles. The predicted octanol–water partition coefficient (Wildman–Crippen LogP) is 2.38. The lowest BCUT2D eigenvalue weighted by molar-refractivity contribution is 0.0384. The van der Waals surface area contributed by atoms with Crippen molar-refractivity contribution in [2.24, 2.45) is 0 Å². The van der Waals surface area contributed by atoms with Crippen LogP contribution in [0.3, 0.4) is 0 Å². The molecule has 0 bridgehead atoms. The van der Waals surface area contributed by atoms with Crippen LogP contribution in [0.25, 0.3) is 0 Å². The van der Waals surface area contributed by atoms with Crippen LogP contribution >= 0.6 is 11.3 Å². The Kier molecular flexibility index (Phi) is 3.66. The molecule has 1 aromatic heterocycles. The molecule has 0 aliphatic heterocycles. The first kappa shape index (κ1) is 10.7. The molecule has 4 heteroatoms. The first-order valence-corrected chi connectivity index (χ1v) is 5.16. The van der Waals surface area contributed by atoms with Gasteiger partial charge in [-0.25, -0.2) is 4.79 Å². The molecule has 1 aromatic rings. The maximum absolute atomic E-state index is 11.4. The molecule has 0 amide bonds. The number of rotatable bonds is 3. The third-order valence-corrected chi connectivity index (χ3v) is 2.44. The molecule has 0 saturated carbocycles. The Bertz CT molecular complexity index is 362. The Morgan fingerprint density at radius 2 is 2.43 bits per heavy atom. The van der Waals surface area contributed by atoms with Crippen molar-refractivity contribution in [3.05, 3.63) is 21.9 Å². The summed E-state index contributed by atoms with van der Waals surface area (Å²) in [6.07, 6.45) is 0.231. The van der Waals surface area contributed by atoms with Gasteiger partial charge in [0.05, 0.1) is 18.6 Å². The summed E-state index contributed by atoms with van der Waals surface area (Å²) in [5.74, 6) is -0.311. The van der Waals surface area contributed by atoms with Crippen molar-refractivity contribution in [2.75, 3.05) is 0 Å². The first-order chi connectivity index (χ1) is 6.63. The quantitative estimate of drug-likeness (QED) is 0.718. The van der Waals surface area contributed by atoms with Crippen LogP contribution in [0.5, 0.6) is 0 Å². The molecule has 0 aliphatic carbocycles. The minimum atomic E-state index is -0.311. The summed E-state index contributed by atoms with van der Waals surface area (Å²) in [5, 5.41) is 10.3. The van der Waals surface area contributed by atoms with E-state index in [1.54, 1.807) is 11.4 Å². The maximum atomic E-state index is 11.4. The van der Waals surface area contributed by atoms with E-state index in [9.17, 15) is 4.79 Å². The zero-order valence-corrected chi connectivity index (χ0v) is 8.93. The highest BCUT2D eigenvalue weighted by molar-refractivity contribution is 7.12. The van der Waals surface area contributed by atoms with Crippen molar-refractivity contribution in [3.8, 4) is 6.07 Å². The molecule has 0 fully saturated rings. The van der Waals surface area contributed by atoms with Crippen molar-refractivity contribution in [2.45, 2.75) is 26.4 Å². The van der Waals surface area contributed by atoms with E-state index >= 15 is 0 Å². The number of hydrogen-bond acceptors (Lipinski definition) is 4. The zero-order chi connectivity index (χ0) is 10.6. The number of ether oxygens (including phenoxy) is 1. The number of carbonyl (C=O) groups excluding carboxylic acids is 1. The van der Waals surface area contributed by atoms with Gasteiger partial charge in [0.1, 0.15) is 4.88 Å². The summed E-state index contributed by atoms with van der Waals surface area (Å²) in [6, 6.07) is 3.74. The Hall–Kier alpha value is -1.34. The molecule has 0 unspecified atom stereocenters. The van der Waals surface area contributed by atoms with E-state index in [1.807, 2.05) is 19.9 Å². The van der Waals surface area contributed by atoms with Gasteiger partial charge in [-0.15, -0.1) is 11.3 Å². The Labute approximate surface area is 86.9 Å². The third-order valence-electron chi connectivity index (χ3n) is 1.48. The molecule has 0 aliphatic rings. The van der Waals surface area contributed by atoms with Crippen LogP contribution in [0.15, 0.2) is 11.4 Å². The number of nitrogens with zero attached hydrogens (tertiary/aromatic N) is 1. The van der Waals surface area contributed by atoms with Crippen molar-refractivity contribution in [1.29, 1.82) is 5.26 Å². The molecular formula is C10H11NO2S. The highest BCUT2D eigenvalue weighted by atomic mass is 32.1. The Morgan fingerprint density at radius 3 is 3.00 bits per heavy atom. The maximum Gasteiger partial charge on any atom is 0.348 e. The monoisotopic (exact) mass is 209 g/mol. The molecular weight excluding hydrogens is 198 g/mol. The summed E-state index contributed by atoms with van der Waals surface area (Å²) in [6.45, 7) is 3.61. The fourth-order valence-electron chi connectivity index (χ4n) is 0.939. The van der Waals surface area contributed by atoms with Crippen molar-refractivity contribution in [3.63, 3.8) is 0 Å². The lowest BCUT2D eigenvalue weighted by Crippen LogP contribution is -2.10. The van der Waals surface area contributed by atoms with Gasteiger partial charge in [0.2, 0.25) is 0 Å². The van der Waals surface area contributed by atoms with E-state index in [4.69, 9.17) is 10.00 Å². The summed E-state index contributed by atoms with van der Waals surface area (Å²) < 4.78 is 5.02. The topological polar surface area (TPSA) is 50.1 Å². The van der Waals surface area contributed by atoms with Gasteiger partial charge in [-0.2, -0.15) is 5.26 Å². The highest BCUT2D eigenvalue weighted by Gasteiger charge is 2.11. The van der Waals surface area contributed by atoms with Gasteiger partial charge in [0.15, 0.2) is 0 Å². The van der Waals surface area contributed by atoms with E-state index in [2.05, 4.69) is 0 Å². The van der Waals surface area contributed by atoms with E-state index in [0.717, 1.165) is 5.56 Å². The average molecular weight is 209 g/mol. The summed E-state index contributed by atoms with van der Waals surface area (Å²) in [4.78, 5) is 11.9. The lowest BCUT2D eigenvalue weighted by atomic mass is 10.2. The lowest BCUT2D eigenvalue weighted by Gasteiger charge is -2.05. The summed E-state index contributed by atoms with van der Waals surface area (Å²) in [7, 11) is 0. The summed E-state index contributed by atoms with van der Waals surface area (Å²) in [5.41, 5.74) is 0.869. The molecule has 0 N–H and O–H groups in total. The molecule has 1 heterocycles. The number of thiophene rings is 1. The van der Waals surface area contributed by atoms with Crippen molar-refractivity contribution >= 4 is 17.3 Å². The minimum absolute atomic E-state index is 0.107. The molecule has 14 heavy (non-hydrogen) atoms. The van der Waals surface area contributed by atoms with E-state index < -0.39 is 0 Å². The van der Waals surface area contributed by atoms with Gasteiger partial charge >= 0.3 is 5.97 Å². The second-order valence-corrected chi connectivity index (χ2v) is 4.02. The smallest absolute Gasteiger partial charge is 0.348 e. The van der Waals surface area contributed by atoms with Crippen LogP contribution in [0.4, 0.5) is 0 Å². The van der Waals surface area contributed by atoms with Gasteiger partial charge in [-0.1, -0.05) is 0 Å². The normalized spacial score (nSPS) is 9.86. The van der Waals surface area contributed by atoms with Crippen molar-refractivity contribution < 1.29 is 9.53 Å². The van der Waals surface area contributed by atoms with E-state index in [1.165, 1.54) is 11.3 Å². The second kappa shape index (κ2) is 4.77. The van der Waals surface area contributed by atoms with Gasteiger partial charge in [-0.05, 0) is 30.9 Å². The van der Waals surface area contributed by atoms with Gasteiger partial charge in [0.25, 0.3) is 0 Å². The standard InChI is InChI=1S/C10H11NO2S/c1-7(2)13-10(12)9-5-8(3-4-11)6-14-9/h5-7H,3H2,1-2H3.